The molecule has 9 heteroatoms. The van der Waals surface area contributed by atoms with Gasteiger partial charge < -0.3 is 14.6 Å². The highest BCUT2D eigenvalue weighted by Gasteiger charge is 2.20. The molecule has 0 atom stereocenters. The first-order chi connectivity index (χ1) is 15.2. The molecule has 3 aromatic rings. The zero-order valence-corrected chi connectivity index (χ0v) is 18.1. The van der Waals surface area contributed by atoms with Gasteiger partial charge in [-0.3, -0.25) is 4.79 Å². The normalized spacial score (nSPS) is 14.9. The number of anilines is 1. The summed E-state index contributed by atoms with van der Waals surface area (Å²) in [6.07, 6.45) is 7.58. The Hall–Kier alpha value is -2.96. The van der Waals surface area contributed by atoms with Crippen LogP contribution in [-0.2, 0) is 5.24 Å². The monoisotopic (exact) mass is 420 g/mol. The number of rotatable bonds is 5. The predicted octanol–water partition coefficient (Wildman–Crippen LogP) is 2.52. The molecule has 0 unspecified atom stereocenters. The molecule has 1 saturated carbocycles. The lowest BCUT2D eigenvalue weighted by Crippen LogP contribution is -2.42. The van der Waals surface area contributed by atoms with E-state index < -0.39 is 10.8 Å². The van der Waals surface area contributed by atoms with Gasteiger partial charge in [-0.15, -0.1) is 10.2 Å². The summed E-state index contributed by atoms with van der Waals surface area (Å²) in [5.74, 6) is 0.869. The lowest BCUT2D eigenvalue weighted by atomic mass is 9.49. The van der Waals surface area contributed by atoms with Crippen molar-refractivity contribution in [3.8, 4) is 28.1 Å². The van der Waals surface area contributed by atoms with E-state index in [9.17, 15) is 9.90 Å². The molecule has 6 nitrogen and oxygen atoms in total. The third kappa shape index (κ3) is 4.62. The van der Waals surface area contributed by atoms with Crippen LogP contribution in [0.4, 0.5) is 5.82 Å². The summed E-state index contributed by atoms with van der Waals surface area (Å²) in [6, 6.07) is 12.5. The first-order valence-corrected chi connectivity index (χ1v) is 10.7. The van der Waals surface area contributed by atoms with Crippen molar-refractivity contribution < 1.29 is 5.11 Å². The van der Waals surface area contributed by atoms with Crippen LogP contribution in [0.25, 0.3) is 22.4 Å². The van der Waals surface area contributed by atoms with Crippen molar-refractivity contribution in [2.75, 3.05) is 11.9 Å². The summed E-state index contributed by atoms with van der Waals surface area (Å²) in [5.41, 5.74) is 1.96. The molecular formula is C23H23B3N4O2. The number of pyridine rings is 1. The van der Waals surface area contributed by atoms with Gasteiger partial charge in [0.1, 0.15) is 5.75 Å². The highest BCUT2D eigenvalue weighted by Crippen LogP contribution is 2.33. The SMILES string of the molecule is [B]C([B])([B])n1ccc(-c2ccc(-c3ccc(N(C)C4CCCCC4)nn3)c(O)c2)cc1=O. The Morgan fingerprint density at radius 2 is 1.72 bits per heavy atom. The van der Waals surface area contributed by atoms with Crippen molar-refractivity contribution in [2.24, 2.45) is 0 Å². The number of hydrogen-bond acceptors (Lipinski definition) is 5. The summed E-state index contributed by atoms with van der Waals surface area (Å²) in [5, 5.41) is 17.6. The van der Waals surface area contributed by atoms with Gasteiger partial charge in [-0.05, 0) is 54.3 Å². The Morgan fingerprint density at radius 3 is 2.31 bits per heavy atom. The van der Waals surface area contributed by atoms with Crippen LogP contribution >= 0.6 is 0 Å². The molecule has 156 valence electrons. The zero-order valence-electron chi connectivity index (χ0n) is 18.1. The zero-order chi connectivity index (χ0) is 22.9. The van der Waals surface area contributed by atoms with Crippen LogP contribution in [0.5, 0.6) is 5.75 Å². The van der Waals surface area contributed by atoms with E-state index in [2.05, 4.69) is 22.1 Å². The van der Waals surface area contributed by atoms with Crippen molar-refractivity contribution in [3.05, 3.63) is 59.0 Å². The van der Waals surface area contributed by atoms with Crippen LogP contribution < -0.4 is 10.5 Å². The lowest BCUT2D eigenvalue weighted by Gasteiger charge is -2.31. The first kappa shape index (κ1) is 22.2. The van der Waals surface area contributed by atoms with E-state index in [1.54, 1.807) is 24.3 Å². The Labute approximate surface area is 191 Å². The summed E-state index contributed by atoms with van der Waals surface area (Å²) in [7, 11) is 18.8. The van der Waals surface area contributed by atoms with Gasteiger partial charge in [0, 0.05) is 30.9 Å². The van der Waals surface area contributed by atoms with E-state index in [0.717, 1.165) is 10.4 Å². The number of phenols is 1. The molecule has 6 radical (unpaired) electrons. The minimum atomic E-state index is -1.78. The van der Waals surface area contributed by atoms with Gasteiger partial charge in [-0.1, -0.05) is 30.6 Å². The fraction of sp³-hybridized carbons (Fsp3) is 0.348. The van der Waals surface area contributed by atoms with Crippen molar-refractivity contribution in [2.45, 2.75) is 43.4 Å². The summed E-state index contributed by atoms with van der Waals surface area (Å²) in [4.78, 5) is 14.5. The van der Waals surface area contributed by atoms with E-state index in [1.807, 2.05) is 12.1 Å². The Morgan fingerprint density at radius 1 is 1.00 bits per heavy atom. The lowest BCUT2D eigenvalue weighted by molar-refractivity contribution is 0.425. The van der Waals surface area contributed by atoms with Crippen LogP contribution in [0.1, 0.15) is 32.1 Å². The molecule has 0 spiro atoms. The molecule has 1 aliphatic rings. The van der Waals surface area contributed by atoms with Gasteiger partial charge in [0.15, 0.2) is 5.82 Å². The number of hydrogen-bond donors (Lipinski definition) is 1. The number of aromatic nitrogens is 3. The molecule has 1 aliphatic carbocycles. The van der Waals surface area contributed by atoms with Gasteiger partial charge in [0.05, 0.1) is 29.2 Å². The fourth-order valence-corrected chi connectivity index (χ4v) is 4.22. The maximum atomic E-state index is 12.3. The van der Waals surface area contributed by atoms with Crippen LogP contribution in [0.2, 0.25) is 0 Å². The molecule has 4 rings (SSSR count). The number of nitrogens with zero attached hydrogens (tertiary/aromatic N) is 4. The second kappa shape index (κ2) is 8.89. The number of aromatic hydroxyl groups is 1. The second-order valence-corrected chi connectivity index (χ2v) is 8.42. The minimum Gasteiger partial charge on any atom is -0.507 e. The molecule has 0 bridgehead atoms. The van der Waals surface area contributed by atoms with Crippen LogP contribution in [0.15, 0.2) is 53.5 Å². The average Bonchev–Trinajstić information content (AvgIpc) is 2.78. The van der Waals surface area contributed by atoms with E-state index in [1.165, 1.54) is 44.4 Å². The second-order valence-electron chi connectivity index (χ2n) is 8.42. The van der Waals surface area contributed by atoms with Crippen LogP contribution in [0, 0.1) is 0 Å². The highest BCUT2D eigenvalue weighted by atomic mass is 16.3. The molecule has 1 fully saturated rings. The molecule has 0 saturated heterocycles. The summed E-state index contributed by atoms with van der Waals surface area (Å²) in [6.45, 7) is 0. The van der Waals surface area contributed by atoms with Gasteiger partial charge in [-0.2, -0.15) is 0 Å². The van der Waals surface area contributed by atoms with E-state index >= 15 is 0 Å². The minimum absolute atomic E-state index is 0.0418. The summed E-state index contributed by atoms with van der Waals surface area (Å²) < 4.78 is 1.03. The number of phenolic OH excluding ortho intramolecular Hbond substituents is 1. The molecule has 1 aromatic carbocycles. The van der Waals surface area contributed by atoms with Crippen molar-refractivity contribution >= 4 is 29.4 Å². The largest absolute Gasteiger partial charge is 0.507 e. The third-order valence-electron chi connectivity index (χ3n) is 6.08. The molecule has 0 aliphatic heterocycles. The van der Waals surface area contributed by atoms with Crippen LogP contribution in [0.3, 0.4) is 0 Å². The molecular weight excluding hydrogens is 397 g/mol. The van der Waals surface area contributed by atoms with Gasteiger partial charge in [0.2, 0.25) is 5.56 Å². The maximum absolute atomic E-state index is 12.3. The standard InChI is InChI=1S/C23H23B3N4O2/c1-29(17-5-3-2-4-6-17)21-10-9-19(27-28-21)18-8-7-15(13-20(18)31)16-11-12-30(22(32)14-16)23(24,25)26/h7-14,17,31H,2-6H2,1H3. The summed E-state index contributed by atoms with van der Waals surface area (Å²) >= 11 is 0. The maximum Gasteiger partial charge on any atom is 0.249 e. The Kier molecular flexibility index (Phi) is 6.18. The topological polar surface area (TPSA) is 71.2 Å². The predicted molar refractivity (Wildman–Crippen MR) is 129 cm³/mol. The molecule has 0 amide bonds. The smallest absolute Gasteiger partial charge is 0.249 e. The first-order valence-electron chi connectivity index (χ1n) is 10.7. The van der Waals surface area contributed by atoms with Gasteiger partial charge in [0.25, 0.3) is 0 Å². The van der Waals surface area contributed by atoms with Crippen LogP contribution in [-0.4, -0.2) is 56.5 Å². The molecule has 2 aromatic heterocycles. The Balaban J connectivity index is 1.56. The highest BCUT2D eigenvalue weighted by molar-refractivity contribution is 6.56. The molecule has 2 heterocycles. The van der Waals surface area contributed by atoms with Gasteiger partial charge >= 0.3 is 0 Å². The van der Waals surface area contributed by atoms with Gasteiger partial charge in [-0.25, -0.2) is 0 Å². The average molecular weight is 420 g/mol. The quantitative estimate of drug-likeness (QED) is 0.643. The van der Waals surface area contributed by atoms with Crippen molar-refractivity contribution in [1.29, 1.82) is 0 Å². The fourth-order valence-electron chi connectivity index (χ4n) is 4.22. The van der Waals surface area contributed by atoms with Crippen molar-refractivity contribution in [3.63, 3.8) is 0 Å². The number of benzene rings is 1. The van der Waals surface area contributed by atoms with E-state index in [0.29, 0.717) is 28.4 Å². The Bertz CT molecular complexity index is 1150. The molecule has 32 heavy (non-hydrogen) atoms. The van der Waals surface area contributed by atoms with E-state index in [-0.39, 0.29) is 5.75 Å². The van der Waals surface area contributed by atoms with Crippen molar-refractivity contribution in [1.82, 2.24) is 14.8 Å². The third-order valence-corrected chi connectivity index (χ3v) is 6.08. The molecule has 1 N–H and O–H groups in total. The van der Waals surface area contributed by atoms with E-state index in [4.69, 9.17) is 23.5 Å².